The number of aromatic nitrogens is 3. The Morgan fingerprint density at radius 2 is 2.00 bits per heavy atom. The van der Waals surface area contributed by atoms with Gasteiger partial charge in [-0.15, -0.1) is 0 Å². The van der Waals surface area contributed by atoms with Gasteiger partial charge in [0, 0.05) is 31.3 Å². The van der Waals surface area contributed by atoms with Gasteiger partial charge in [-0.25, -0.2) is 15.0 Å². The standard InChI is InChI=1S/C20H27ClN6O3/c1-11-15(17(22)26-20(21)24-11)5-4-14-6-8-27(9-7-14)19(29)12(2)23-18(28)16-10-30-13(3)25-16/h10,12,14H,4-9H2,1-3H3,(H,23,28)(H2,22,24,26)/t12-/m0/s1. The van der Waals surface area contributed by atoms with Crippen molar-refractivity contribution in [3.8, 4) is 0 Å². The smallest absolute Gasteiger partial charge is 0.273 e. The summed E-state index contributed by atoms with van der Waals surface area (Å²) in [6, 6.07) is -0.625. The third-order valence-corrected chi connectivity index (χ3v) is 5.69. The lowest BCUT2D eigenvalue weighted by atomic mass is 9.90. The molecule has 30 heavy (non-hydrogen) atoms. The number of nitrogens with one attached hydrogen (secondary N) is 1. The van der Waals surface area contributed by atoms with E-state index in [1.807, 2.05) is 6.92 Å². The molecule has 0 aromatic carbocycles. The highest BCUT2D eigenvalue weighted by Gasteiger charge is 2.27. The van der Waals surface area contributed by atoms with Crippen molar-refractivity contribution < 1.29 is 14.0 Å². The van der Waals surface area contributed by atoms with Crippen LogP contribution in [0.3, 0.4) is 0 Å². The zero-order valence-electron chi connectivity index (χ0n) is 17.4. The molecule has 1 atom stereocenters. The Balaban J connectivity index is 1.46. The van der Waals surface area contributed by atoms with E-state index in [0.29, 0.717) is 30.7 Å². The molecule has 3 heterocycles. The summed E-state index contributed by atoms with van der Waals surface area (Å²) in [5, 5.41) is 2.86. The first-order valence-electron chi connectivity index (χ1n) is 10.0. The lowest BCUT2D eigenvalue weighted by Crippen LogP contribution is -2.49. The molecule has 0 radical (unpaired) electrons. The van der Waals surface area contributed by atoms with Crippen LogP contribution in [0.2, 0.25) is 5.28 Å². The predicted molar refractivity (Wildman–Crippen MR) is 112 cm³/mol. The molecule has 0 saturated carbocycles. The van der Waals surface area contributed by atoms with Gasteiger partial charge in [0.05, 0.1) is 0 Å². The van der Waals surface area contributed by atoms with Crippen LogP contribution < -0.4 is 11.1 Å². The summed E-state index contributed by atoms with van der Waals surface area (Å²) in [6.07, 6.45) is 4.84. The fraction of sp³-hybridized carbons (Fsp3) is 0.550. The second kappa shape index (κ2) is 9.42. The van der Waals surface area contributed by atoms with Crippen molar-refractivity contribution in [1.29, 1.82) is 0 Å². The quantitative estimate of drug-likeness (QED) is 0.667. The Bertz CT molecular complexity index is 900. The molecular formula is C20H27ClN6O3. The fourth-order valence-electron chi connectivity index (χ4n) is 3.76. The molecule has 3 rings (SSSR count). The van der Waals surface area contributed by atoms with E-state index in [2.05, 4.69) is 20.3 Å². The first kappa shape index (κ1) is 22.0. The monoisotopic (exact) mass is 434 g/mol. The molecule has 3 N–H and O–H groups in total. The molecule has 2 amide bonds. The number of nitrogen functional groups attached to an aromatic ring is 1. The average molecular weight is 435 g/mol. The maximum Gasteiger partial charge on any atom is 0.273 e. The van der Waals surface area contributed by atoms with Crippen LogP contribution in [0.25, 0.3) is 0 Å². The van der Waals surface area contributed by atoms with E-state index < -0.39 is 11.9 Å². The number of nitrogens with two attached hydrogens (primary N) is 1. The lowest BCUT2D eigenvalue weighted by molar-refractivity contribution is -0.134. The Kier molecular flexibility index (Phi) is 6.91. The van der Waals surface area contributed by atoms with E-state index in [-0.39, 0.29) is 16.9 Å². The van der Waals surface area contributed by atoms with Crippen molar-refractivity contribution in [2.24, 2.45) is 5.92 Å². The zero-order chi connectivity index (χ0) is 21.8. The molecule has 0 bridgehead atoms. The lowest BCUT2D eigenvalue weighted by Gasteiger charge is -2.33. The van der Waals surface area contributed by atoms with Crippen LogP contribution in [0.5, 0.6) is 0 Å². The van der Waals surface area contributed by atoms with E-state index in [4.69, 9.17) is 21.8 Å². The van der Waals surface area contributed by atoms with Crippen LogP contribution in [0, 0.1) is 19.8 Å². The number of oxazole rings is 1. The number of halogens is 1. The summed E-state index contributed by atoms with van der Waals surface area (Å²) < 4.78 is 5.04. The van der Waals surface area contributed by atoms with Crippen LogP contribution in [0.1, 0.15) is 53.8 Å². The van der Waals surface area contributed by atoms with Gasteiger partial charge in [0.15, 0.2) is 11.6 Å². The van der Waals surface area contributed by atoms with Crippen LogP contribution in [0.15, 0.2) is 10.7 Å². The average Bonchev–Trinajstić information content (AvgIpc) is 3.13. The van der Waals surface area contributed by atoms with Gasteiger partial charge in [0.25, 0.3) is 5.91 Å². The van der Waals surface area contributed by atoms with Gasteiger partial charge in [-0.05, 0) is 57.0 Å². The summed E-state index contributed by atoms with van der Waals surface area (Å²) in [5.41, 5.74) is 7.91. The first-order valence-corrected chi connectivity index (χ1v) is 10.4. The molecule has 2 aromatic rings. The summed E-state index contributed by atoms with van der Waals surface area (Å²) in [5.74, 6) is 0.829. The molecule has 1 aliphatic heterocycles. The SMILES string of the molecule is Cc1nc(C(=O)N[C@@H](C)C(=O)N2CCC(CCc3c(C)nc(Cl)nc3N)CC2)co1. The van der Waals surface area contributed by atoms with Gasteiger partial charge >= 0.3 is 0 Å². The summed E-state index contributed by atoms with van der Waals surface area (Å²) >= 11 is 5.84. The highest BCUT2D eigenvalue weighted by atomic mass is 35.5. The minimum absolute atomic E-state index is 0.0896. The third-order valence-electron chi connectivity index (χ3n) is 5.52. The molecular weight excluding hydrogens is 408 g/mol. The van der Waals surface area contributed by atoms with Gasteiger partial charge in [-0.3, -0.25) is 9.59 Å². The molecule has 0 spiro atoms. The van der Waals surface area contributed by atoms with Gasteiger partial charge in [0.2, 0.25) is 11.2 Å². The van der Waals surface area contributed by atoms with Crippen molar-refractivity contribution in [3.63, 3.8) is 0 Å². The summed E-state index contributed by atoms with van der Waals surface area (Å²) in [6.45, 7) is 6.56. The molecule has 0 aliphatic carbocycles. The molecule has 1 aliphatic rings. The van der Waals surface area contributed by atoms with Crippen LogP contribution in [0.4, 0.5) is 5.82 Å². The van der Waals surface area contributed by atoms with Crippen molar-refractivity contribution in [2.45, 2.75) is 52.5 Å². The number of anilines is 1. The molecule has 2 aromatic heterocycles. The van der Waals surface area contributed by atoms with Crippen molar-refractivity contribution >= 4 is 29.2 Å². The number of rotatable bonds is 6. The first-order chi connectivity index (χ1) is 14.2. The number of aryl methyl sites for hydroxylation is 2. The Hall–Kier alpha value is -2.68. The third kappa shape index (κ3) is 5.27. The number of hydrogen-bond acceptors (Lipinski definition) is 7. The topological polar surface area (TPSA) is 127 Å². The second-order valence-electron chi connectivity index (χ2n) is 7.70. The van der Waals surface area contributed by atoms with E-state index in [1.165, 1.54) is 6.26 Å². The number of piperidine rings is 1. The molecule has 0 unspecified atom stereocenters. The van der Waals surface area contributed by atoms with Crippen LogP contribution in [-0.4, -0.2) is 50.8 Å². The predicted octanol–water partition coefficient (Wildman–Crippen LogP) is 2.31. The van der Waals surface area contributed by atoms with E-state index in [1.54, 1.807) is 18.7 Å². The fourth-order valence-corrected chi connectivity index (χ4v) is 3.97. The largest absolute Gasteiger partial charge is 0.448 e. The van der Waals surface area contributed by atoms with E-state index >= 15 is 0 Å². The highest BCUT2D eigenvalue weighted by Crippen LogP contribution is 2.25. The molecule has 162 valence electrons. The van der Waals surface area contributed by atoms with Gasteiger partial charge in [-0.2, -0.15) is 0 Å². The second-order valence-corrected chi connectivity index (χ2v) is 8.03. The molecule has 1 saturated heterocycles. The maximum atomic E-state index is 12.7. The number of likely N-dealkylation sites (tertiary alicyclic amines) is 1. The summed E-state index contributed by atoms with van der Waals surface area (Å²) in [4.78, 5) is 38.9. The van der Waals surface area contributed by atoms with Gasteiger partial charge in [-0.1, -0.05) is 0 Å². The van der Waals surface area contributed by atoms with Crippen molar-refractivity contribution in [2.75, 3.05) is 18.8 Å². The zero-order valence-corrected chi connectivity index (χ0v) is 18.2. The minimum atomic E-state index is -0.625. The number of carbonyl (C=O) groups excluding carboxylic acids is 2. The normalized spacial score (nSPS) is 15.8. The Morgan fingerprint density at radius 1 is 1.30 bits per heavy atom. The number of amides is 2. The number of nitrogens with zero attached hydrogens (tertiary/aromatic N) is 4. The van der Waals surface area contributed by atoms with Crippen LogP contribution >= 0.6 is 11.6 Å². The summed E-state index contributed by atoms with van der Waals surface area (Å²) in [7, 11) is 0. The maximum absolute atomic E-state index is 12.7. The number of carbonyl (C=O) groups is 2. The van der Waals surface area contributed by atoms with Gasteiger partial charge in [0.1, 0.15) is 18.1 Å². The molecule has 1 fully saturated rings. The molecule has 9 nitrogen and oxygen atoms in total. The van der Waals surface area contributed by atoms with Crippen LogP contribution in [-0.2, 0) is 11.2 Å². The van der Waals surface area contributed by atoms with Gasteiger partial charge < -0.3 is 20.4 Å². The van der Waals surface area contributed by atoms with E-state index in [0.717, 1.165) is 36.9 Å². The Labute approximate surface area is 180 Å². The Morgan fingerprint density at radius 3 is 2.60 bits per heavy atom. The van der Waals surface area contributed by atoms with E-state index in [9.17, 15) is 9.59 Å². The molecule has 10 heteroatoms. The minimum Gasteiger partial charge on any atom is -0.448 e. The number of hydrogen-bond donors (Lipinski definition) is 2. The highest BCUT2D eigenvalue weighted by molar-refractivity contribution is 6.28. The van der Waals surface area contributed by atoms with Crippen molar-refractivity contribution in [3.05, 3.63) is 34.4 Å². The van der Waals surface area contributed by atoms with Crippen molar-refractivity contribution in [1.82, 2.24) is 25.2 Å².